The Hall–Kier alpha value is -0.120. The topological polar surface area (TPSA) is 21.7 Å². The number of ether oxygens (including phenoxy) is 1. The molecule has 84 valence electrons. The molecule has 0 radical (unpaired) electrons. The number of rotatable bonds is 4. The molecule has 3 heteroatoms. The molecule has 0 atom stereocenters. The molecule has 3 nitrogen and oxygen atoms in total. The fourth-order valence-corrected chi connectivity index (χ4v) is 2.08. The molecule has 0 N–H and O–H groups in total. The van der Waals surface area contributed by atoms with Gasteiger partial charge < -0.3 is 4.74 Å². The quantitative estimate of drug-likeness (QED) is 0.515. The van der Waals surface area contributed by atoms with Gasteiger partial charge in [0.05, 0.1) is 6.10 Å². The summed E-state index contributed by atoms with van der Waals surface area (Å²) in [4.78, 5) is 5.80. The minimum Gasteiger partial charge on any atom is -0.346 e. The predicted molar refractivity (Wildman–Crippen MR) is 56.8 cm³/mol. The molecule has 0 aromatic heterocycles. The van der Waals surface area contributed by atoms with Gasteiger partial charge in [-0.3, -0.25) is 4.84 Å². The smallest absolute Gasteiger partial charge is 0.188 e. The molecule has 1 aliphatic carbocycles. The van der Waals surface area contributed by atoms with E-state index in [0.29, 0.717) is 0 Å². The number of hydrogen-bond acceptors (Lipinski definition) is 3. The lowest BCUT2D eigenvalue weighted by Crippen LogP contribution is -2.43. The molecule has 0 aromatic carbocycles. The maximum absolute atomic E-state index is 5.93. The Morgan fingerprint density at radius 3 is 2.07 bits per heavy atom. The summed E-state index contributed by atoms with van der Waals surface area (Å²) < 4.78 is 5.93. The van der Waals surface area contributed by atoms with Gasteiger partial charge in [-0.25, -0.2) is 0 Å². The first-order chi connectivity index (χ1) is 6.54. The Morgan fingerprint density at radius 1 is 1.07 bits per heavy atom. The fraction of sp³-hybridized carbons (Fsp3) is 1.00. The molecule has 0 unspecified atom stereocenters. The molecule has 1 rings (SSSR count). The van der Waals surface area contributed by atoms with Crippen LogP contribution < -0.4 is 0 Å². The molecule has 0 heterocycles. The van der Waals surface area contributed by atoms with Gasteiger partial charge in [-0.2, -0.15) is 5.06 Å². The van der Waals surface area contributed by atoms with Crippen molar-refractivity contribution in [1.82, 2.24) is 5.06 Å². The number of nitrogens with zero attached hydrogens (tertiary/aromatic N) is 1. The van der Waals surface area contributed by atoms with E-state index < -0.39 is 0 Å². The molecule has 0 bridgehead atoms. The first-order valence-corrected chi connectivity index (χ1v) is 5.58. The SMILES string of the molecule is CC(C)OC1(ON(C)C)CCCCC1. The second-order valence-electron chi connectivity index (χ2n) is 4.54. The van der Waals surface area contributed by atoms with Crippen LogP contribution >= 0.6 is 0 Å². The lowest BCUT2D eigenvalue weighted by atomic mass is 9.94. The highest BCUT2D eigenvalue weighted by molar-refractivity contribution is 4.75. The maximum Gasteiger partial charge on any atom is 0.188 e. The van der Waals surface area contributed by atoms with Gasteiger partial charge in [0.1, 0.15) is 0 Å². The summed E-state index contributed by atoms with van der Waals surface area (Å²) >= 11 is 0. The molecule has 0 saturated heterocycles. The second kappa shape index (κ2) is 5.10. The zero-order chi connectivity index (χ0) is 10.6. The van der Waals surface area contributed by atoms with E-state index in [1.165, 1.54) is 19.3 Å². The Kier molecular flexibility index (Phi) is 4.35. The van der Waals surface area contributed by atoms with E-state index in [1.54, 1.807) is 5.06 Å². The molecular weight excluding hydrogens is 178 g/mol. The Balaban J connectivity index is 2.57. The lowest BCUT2D eigenvalue weighted by molar-refractivity contribution is -0.351. The highest BCUT2D eigenvalue weighted by Gasteiger charge is 2.36. The summed E-state index contributed by atoms with van der Waals surface area (Å²) in [5.41, 5.74) is 0. The van der Waals surface area contributed by atoms with Crippen LogP contribution in [0.25, 0.3) is 0 Å². The molecule has 14 heavy (non-hydrogen) atoms. The number of hydroxylamine groups is 2. The normalized spacial score (nSPS) is 21.9. The van der Waals surface area contributed by atoms with Crippen LogP contribution in [0.1, 0.15) is 46.0 Å². The van der Waals surface area contributed by atoms with Crippen molar-refractivity contribution in [1.29, 1.82) is 0 Å². The Morgan fingerprint density at radius 2 is 1.64 bits per heavy atom. The van der Waals surface area contributed by atoms with Crippen LogP contribution in [0.5, 0.6) is 0 Å². The molecule has 1 fully saturated rings. The third-order valence-corrected chi connectivity index (χ3v) is 2.41. The minimum absolute atomic E-state index is 0.230. The molecule has 0 aromatic rings. The summed E-state index contributed by atoms with van der Waals surface area (Å²) in [5, 5.41) is 1.76. The van der Waals surface area contributed by atoms with Crippen molar-refractivity contribution < 1.29 is 9.57 Å². The molecule has 1 saturated carbocycles. The fourth-order valence-electron chi connectivity index (χ4n) is 2.08. The Bertz CT molecular complexity index is 151. The maximum atomic E-state index is 5.93. The van der Waals surface area contributed by atoms with Crippen LogP contribution in [0.3, 0.4) is 0 Å². The van der Waals surface area contributed by atoms with Crippen molar-refractivity contribution in [2.45, 2.75) is 57.8 Å². The second-order valence-corrected chi connectivity index (χ2v) is 4.54. The van der Waals surface area contributed by atoms with Crippen molar-refractivity contribution in [3.63, 3.8) is 0 Å². The van der Waals surface area contributed by atoms with Crippen molar-refractivity contribution >= 4 is 0 Å². The summed E-state index contributed by atoms with van der Waals surface area (Å²) in [5.74, 6) is -0.351. The van der Waals surface area contributed by atoms with E-state index in [-0.39, 0.29) is 11.9 Å². The zero-order valence-corrected chi connectivity index (χ0v) is 9.88. The summed E-state index contributed by atoms with van der Waals surface area (Å²) in [6.07, 6.45) is 5.99. The van der Waals surface area contributed by atoms with Crippen LogP contribution in [-0.4, -0.2) is 31.0 Å². The molecule has 0 aliphatic heterocycles. The standard InChI is InChI=1S/C11H23NO2/c1-10(2)13-11(14-12(3)4)8-6-5-7-9-11/h10H,5-9H2,1-4H3. The average molecular weight is 201 g/mol. The van der Waals surface area contributed by atoms with Gasteiger partial charge >= 0.3 is 0 Å². The molecule has 1 aliphatic rings. The van der Waals surface area contributed by atoms with E-state index in [9.17, 15) is 0 Å². The lowest BCUT2D eigenvalue weighted by Gasteiger charge is -2.39. The van der Waals surface area contributed by atoms with Crippen LogP contribution in [0.2, 0.25) is 0 Å². The summed E-state index contributed by atoms with van der Waals surface area (Å²) in [6, 6.07) is 0. The van der Waals surface area contributed by atoms with E-state index in [0.717, 1.165) is 12.8 Å². The Labute approximate surface area is 87.3 Å². The third-order valence-electron chi connectivity index (χ3n) is 2.41. The van der Waals surface area contributed by atoms with Gasteiger partial charge in [0, 0.05) is 26.9 Å². The van der Waals surface area contributed by atoms with Gasteiger partial charge in [0.25, 0.3) is 0 Å². The summed E-state index contributed by atoms with van der Waals surface area (Å²) in [7, 11) is 3.83. The van der Waals surface area contributed by atoms with Crippen LogP contribution in [0, 0.1) is 0 Å². The predicted octanol–water partition coefficient (Wildman–Crippen LogP) is 2.57. The summed E-state index contributed by atoms with van der Waals surface area (Å²) in [6.45, 7) is 4.13. The van der Waals surface area contributed by atoms with E-state index >= 15 is 0 Å². The van der Waals surface area contributed by atoms with Gasteiger partial charge in [-0.15, -0.1) is 0 Å². The van der Waals surface area contributed by atoms with E-state index in [1.807, 2.05) is 14.1 Å². The van der Waals surface area contributed by atoms with Gasteiger partial charge in [-0.05, 0) is 26.7 Å². The van der Waals surface area contributed by atoms with Crippen molar-refractivity contribution in [3.05, 3.63) is 0 Å². The van der Waals surface area contributed by atoms with Gasteiger partial charge in [0.2, 0.25) is 0 Å². The largest absolute Gasteiger partial charge is 0.346 e. The van der Waals surface area contributed by atoms with Crippen LogP contribution in [0.15, 0.2) is 0 Å². The first-order valence-electron chi connectivity index (χ1n) is 5.58. The average Bonchev–Trinajstić information content (AvgIpc) is 2.01. The van der Waals surface area contributed by atoms with Crippen LogP contribution in [0.4, 0.5) is 0 Å². The minimum atomic E-state index is -0.351. The van der Waals surface area contributed by atoms with Crippen molar-refractivity contribution in [3.8, 4) is 0 Å². The molecule has 0 spiro atoms. The third kappa shape index (κ3) is 3.56. The van der Waals surface area contributed by atoms with E-state index in [2.05, 4.69) is 13.8 Å². The van der Waals surface area contributed by atoms with Gasteiger partial charge in [0.15, 0.2) is 5.79 Å². The van der Waals surface area contributed by atoms with Crippen LogP contribution in [-0.2, 0) is 9.57 Å². The molecular formula is C11H23NO2. The van der Waals surface area contributed by atoms with Crippen molar-refractivity contribution in [2.75, 3.05) is 14.1 Å². The van der Waals surface area contributed by atoms with Crippen molar-refractivity contribution in [2.24, 2.45) is 0 Å². The highest BCUT2D eigenvalue weighted by Crippen LogP contribution is 2.34. The van der Waals surface area contributed by atoms with Gasteiger partial charge in [-0.1, -0.05) is 6.42 Å². The zero-order valence-electron chi connectivity index (χ0n) is 9.88. The molecule has 0 amide bonds. The van der Waals surface area contributed by atoms with E-state index in [4.69, 9.17) is 9.57 Å². The highest BCUT2D eigenvalue weighted by atomic mass is 16.8. The first kappa shape index (κ1) is 12.0. The monoisotopic (exact) mass is 201 g/mol. The number of hydrogen-bond donors (Lipinski definition) is 0.